The van der Waals surface area contributed by atoms with Crippen LogP contribution in [0.4, 0.5) is 0 Å². The molecule has 1 aliphatic rings. The van der Waals surface area contributed by atoms with Gasteiger partial charge in [0, 0.05) is 32.2 Å². The lowest BCUT2D eigenvalue weighted by Gasteiger charge is -2.31. The summed E-state index contributed by atoms with van der Waals surface area (Å²) in [4.78, 5) is 2.43. The average Bonchev–Trinajstić information content (AvgIpc) is 2.53. The maximum absolute atomic E-state index is 9.99. The van der Waals surface area contributed by atoms with Crippen molar-refractivity contribution in [3.8, 4) is 0 Å². The van der Waals surface area contributed by atoms with Gasteiger partial charge in [-0.2, -0.15) is 0 Å². The van der Waals surface area contributed by atoms with Crippen LogP contribution in [0.5, 0.6) is 0 Å². The highest BCUT2D eigenvalue weighted by Gasteiger charge is 2.25. The van der Waals surface area contributed by atoms with Crippen LogP contribution in [0.25, 0.3) is 0 Å². The summed E-state index contributed by atoms with van der Waals surface area (Å²) >= 11 is 0. The number of benzene rings is 1. The molecule has 5 heteroatoms. The number of aliphatic hydroxyl groups excluding tert-OH is 1. The van der Waals surface area contributed by atoms with E-state index in [-0.39, 0.29) is 30.9 Å². The Morgan fingerprint density at radius 1 is 1.19 bits per heavy atom. The number of aliphatic hydroxyl groups is 1. The normalized spacial score (nSPS) is 23.0. The summed E-state index contributed by atoms with van der Waals surface area (Å²) in [5.41, 5.74) is 1.32. The standard InChI is InChI=1S/C16H26N2O.2ClH/c1-13(2)8-15-9-17-10-16(19)12-18(15)11-14-6-4-3-5-7-14;;/h3-7,13,15-17,19H,8-12H2,1-2H3;2*1H/t15-,16?;;/m0../s1. The van der Waals surface area contributed by atoms with E-state index in [0.29, 0.717) is 18.5 Å². The zero-order valence-corrected chi connectivity index (χ0v) is 14.5. The summed E-state index contributed by atoms with van der Waals surface area (Å²) in [7, 11) is 0. The molecule has 0 radical (unpaired) electrons. The predicted octanol–water partition coefficient (Wildman–Crippen LogP) is 2.71. The molecule has 0 aliphatic carbocycles. The molecule has 1 aliphatic heterocycles. The van der Waals surface area contributed by atoms with Crippen LogP contribution in [-0.2, 0) is 6.54 Å². The van der Waals surface area contributed by atoms with Crippen LogP contribution in [0, 0.1) is 5.92 Å². The number of nitrogens with zero attached hydrogens (tertiary/aromatic N) is 1. The fraction of sp³-hybridized carbons (Fsp3) is 0.625. The average molecular weight is 335 g/mol. The van der Waals surface area contributed by atoms with Crippen molar-refractivity contribution in [2.75, 3.05) is 19.6 Å². The van der Waals surface area contributed by atoms with Gasteiger partial charge in [0.1, 0.15) is 0 Å². The van der Waals surface area contributed by atoms with Crippen molar-refractivity contribution in [2.45, 2.75) is 39.0 Å². The Kier molecular flexibility index (Phi) is 10.3. The van der Waals surface area contributed by atoms with Gasteiger partial charge < -0.3 is 10.4 Å². The molecule has 2 atom stereocenters. The second kappa shape index (κ2) is 10.4. The molecule has 1 heterocycles. The number of β-amino-alcohol motifs (C(OH)–C–C–N with tert-alkyl or cyclic N) is 1. The fourth-order valence-electron chi connectivity index (χ4n) is 2.82. The topological polar surface area (TPSA) is 35.5 Å². The number of hydrogen-bond acceptors (Lipinski definition) is 3. The van der Waals surface area contributed by atoms with Crippen molar-refractivity contribution in [3.05, 3.63) is 35.9 Å². The molecular weight excluding hydrogens is 307 g/mol. The minimum Gasteiger partial charge on any atom is -0.390 e. The van der Waals surface area contributed by atoms with Gasteiger partial charge >= 0.3 is 0 Å². The highest BCUT2D eigenvalue weighted by molar-refractivity contribution is 5.85. The Morgan fingerprint density at radius 2 is 1.86 bits per heavy atom. The maximum atomic E-state index is 9.99. The van der Waals surface area contributed by atoms with E-state index in [2.05, 4.69) is 48.3 Å². The monoisotopic (exact) mass is 334 g/mol. The smallest absolute Gasteiger partial charge is 0.0791 e. The molecule has 1 unspecified atom stereocenters. The zero-order chi connectivity index (χ0) is 13.7. The molecule has 1 saturated heterocycles. The van der Waals surface area contributed by atoms with Crippen LogP contribution < -0.4 is 5.32 Å². The molecule has 0 spiro atoms. The summed E-state index contributed by atoms with van der Waals surface area (Å²) in [6.45, 7) is 7.91. The molecule has 0 saturated carbocycles. The third kappa shape index (κ3) is 6.98. The molecule has 122 valence electrons. The summed E-state index contributed by atoms with van der Waals surface area (Å²) in [5, 5.41) is 13.4. The van der Waals surface area contributed by atoms with Crippen LogP contribution in [0.15, 0.2) is 30.3 Å². The van der Waals surface area contributed by atoms with Crippen molar-refractivity contribution in [3.63, 3.8) is 0 Å². The lowest BCUT2D eigenvalue weighted by atomic mass is 10.0. The SMILES string of the molecule is CC(C)C[C@H]1CNCC(O)CN1Cc1ccccc1.Cl.Cl. The molecule has 2 N–H and O–H groups in total. The molecule has 21 heavy (non-hydrogen) atoms. The van der Waals surface area contributed by atoms with Crippen molar-refractivity contribution in [1.29, 1.82) is 0 Å². The van der Waals surface area contributed by atoms with Crippen molar-refractivity contribution < 1.29 is 5.11 Å². The Balaban J connectivity index is 0.00000200. The molecule has 0 aromatic heterocycles. The van der Waals surface area contributed by atoms with E-state index in [4.69, 9.17) is 0 Å². The predicted molar refractivity (Wildman–Crippen MR) is 93.5 cm³/mol. The highest BCUT2D eigenvalue weighted by atomic mass is 35.5. The first kappa shape index (κ1) is 20.7. The van der Waals surface area contributed by atoms with Gasteiger partial charge in [0.25, 0.3) is 0 Å². The van der Waals surface area contributed by atoms with Crippen molar-refractivity contribution in [1.82, 2.24) is 10.2 Å². The second-order valence-corrected chi connectivity index (χ2v) is 6.01. The van der Waals surface area contributed by atoms with Crippen molar-refractivity contribution in [2.24, 2.45) is 5.92 Å². The molecule has 0 bridgehead atoms. The lowest BCUT2D eigenvalue weighted by Crippen LogP contribution is -2.41. The first-order valence-corrected chi connectivity index (χ1v) is 7.32. The minimum absolute atomic E-state index is 0. The molecule has 0 amide bonds. The largest absolute Gasteiger partial charge is 0.390 e. The van der Waals surface area contributed by atoms with Gasteiger partial charge in [-0.3, -0.25) is 4.90 Å². The Labute approximate surface area is 140 Å². The third-order valence-corrected chi connectivity index (χ3v) is 3.69. The van der Waals surface area contributed by atoms with E-state index in [1.165, 1.54) is 12.0 Å². The first-order valence-electron chi connectivity index (χ1n) is 7.32. The summed E-state index contributed by atoms with van der Waals surface area (Å²) in [6, 6.07) is 11.1. The second-order valence-electron chi connectivity index (χ2n) is 6.01. The highest BCUT2D eigenvalue weighted by Crippen LogP contribution is 2.17. The molecule has 3 nitrogen and oxygen atoms in total. The lowest BCUT2D eigenvalue weighted by molar-refractivity contribution is 0.0981. The van der Waals surface area contributed by atoms with Crippen LogP contribution in [0.3, 0.4) is 0 Å². The van der Waals surface area contributed by atoms with Crippen molar-refractivity contribution >= 4 is 24.8 Å². The third-order valence-electron chi connectivity index (χ3n) is 3.69. The molecule has 1 aromatic rings. The van der Waals surface area contributed by atoms with Gasteiger partial charge in [0.2, 0.25) is 0 Å². The van der Waals surface area contributed by atoms with Gasteiger partial charge in [0.15, 0.2) is 0 Å². The minimum atomic E-state index is -0.263. The van der Waals surface area contributed by atoms with Gasteiger partial charge in [0.05, 0.1) is 6.10 Å². The van der Waals surface area contributed by atoms with E-state index in [1.54, 1.807) is 0 Å². The summed E-state index contributed by atoms with van der Waals surface area (Å²) in [5.74, 6) is 0.681. The van der Waals surface area contributed by atoms with E-state index in [1.807, 2.05) is 6.07 Å². The number of nitrogens with one attached hydrogen (secondary N) is 1. The van der Waals surface area contributed by atoms with E-state index in [9.17, 15) is 5.11 Å². The van der Waals surface area contributed by atoms with E-state index in [0.717, 1.165) is 19.6 Å². The summed E-state index contributed by atoms with van der Waals surface area (Å²) < 4.78 is 0. The summed E-state index contributed by atoms with van der Waals surface area (Å²) in [6.07, 6.45) is 0.910. The van der Waals surface area contributed by atoms with E-state index < -0.39 is 0 Å². The van der Waals surface area contributed by atoms with Crippen LogP contribution in [-0.4, -0.2) is 41.8 Å². The Bertz CT molecular complexity index is 376. The van der Waals surface area contributed by atoms with Gasteiger partial charge in [-0.05, 0) is 17.9 Å². The quantitative estimate of drug-likeness (QED) is 0.888. The maximum Gasteiger partial charge on any atom is 0.0791 e. The number of halogens is 2. The fourth-order valence-corrected chi connectivity index (χ4v) is 2.82. The number of hydrogen-bond donors (Lipinski definition) is 2. The van der Waals surface area contributed by atoms with Crippen LogP contribution in [0.2, 0.25) is 0 Å². The first-order chi connectivity index (χ1) is 9.15. The molecular formula is C16H28Cl2N2O. The molecule has 1 aromatic carbocycles. The molecule has 2 rings (SSSR count). The van der Waals surface area contributed by atoms with Crippen LogP contribution in [0.1, 0.15) is 25.8 Å². The Morgan fingerprint density at radius 3 is 2.48 bits per heavy atom. The number of rotatable bonds is 4. The van der Waals surface area contributed by atoms with Gasteiger partial charge in [-0.1, -0.05) is 44.2 Å². The zero-order valence-electron chi connectivity index (χ0n) is 12.9. The van der Waals surface area contributed by atoms with Crippen LogP contribution >= 0.6 is 24.8 Å². The van der Waals surface area contributed by atoms with E-state index >= 15 is 0 Å². The van der Waals surface area contributed by atoms with Gasteiger partial charge in [-0.15, -0.1) is 24.8 Å². The van der Waals surface area contributed by atoms with Gasteiger partial charge in [-0.25, -0.2) is 0 Å². The molecule has 1 fully saturated rings. The Hall–Kier alpha value is -0.320.